The fraction of sp³-hybridized carbons (Fsp3) is 0.273. The Labute approximate surface area is 169 Å². The molecule has 1 atom stereocenters. The van der Waals surface area contributed by atoms with Crippen LogP contribution in [0.15, 0.2) is 54.7 Å². The number of halogens is 1. The van der Waals surface area contributed by atoms with Crippen LogP contribution in [-0.4, -0.2) is 30.0 Å². The first-order chi connectivity index (χ1) is 13.6. The fourth-order valence-electron chi connectivity index (χ4n) is 3.28. The second kappa shape index (κ2) is 9.42. The molecule has 1 amide bonds. The maximum Gasteiger partial charge on any atom is 0.306 e. The highest BCUT2D eigenvalue weighted by atomic mass is 35.5. The summed E-state index contributed by atoms with van der Waals surface area (Å²) < 4.78 is 4.87. The molecule has 0 aliphatic rings. The molecule has 3 aromatic rings. The average Bonchev–Trinajstić information content (AvgIpc) is 3.12. The summed E-state index contributed by atoms with van der Waals surface area (Å²) in [7, 11) is 0. The molecule has 5 nitrogen and oxygen atoms in total. The molecule has 0 unspecified atom stereocenters. The first kappa shape index (κ1) is 20.0. The Balaban J connectivity index is 1.79. The molecule has 1 heterocycles. The molecule has 0 fully saturated rings. The van der Waals surface area contributed by atoms with Crippen LogP contribution in [0.2, 0.25) is 5.02 Å². The van der Waals surface area contributed by atoms with Crippen LogP contribution >= 0.6 is 11.6 Å². The zero-order chi connectivity index (χ0) is 19.9. The summed E-state index contributed by atoms with van der Waals surface area (Å²) in [6.07, 6.45) is 2.13. The van der Waals surface area contributed by atoms with Gasteiger partial charge in [0, 0.05) is 41.0 Å². The van der Waals surface area contributed by atoms with Gasteiger partial charge in [-0.2, -0.15) is 0 Å². The van der Waals surface area contributed by atoms with Crippen LogP contribution in [0.25, 0.3) is 10.9 Å². The minimum absolute atomic E-state index is 0.0729. The van der Waals surface area contributed by atoms with Gasteiger partial charge in [0.2, 0.25) is 5.91 Å². The molecule has 0 spiro atoms. The quantitative estimate of drug-likeness (QED) is 0.552. The number of fused-ring (bicyclic) bond motifs is 1. The molecule has 0 radical (unpaired) electrons. The van der Waals surface area contributed by atoms with E-state index in [9.17, 15) is 9.59 Å². The Kier molecular flexibility index (Phi) is 6.71. The lowest BCUT2D eigenvalue weighted by molar-refractivity contribution is -0.144. The Morgan fingerprint density at radius 2 is 1.82 bits per heavy atom. The molecule has 6 heteroatoms. The smallest absolute Gasteiger partial charge is 0.306 e. The SMILES string of the molecule is CCOC(=O)CCC(=O)NC[C@@H](c1ccccc1Cl)c1c[nH]c2ccccc12. The third-order valence-corrected chi connectivity index (χ3v) is 4.99. The number of benzene rings is 2. The highest BCUT2D eigenvalue weighted by molar-refractivity contribution is 6.31. The van der Waals surface area contributed by atoms with Crippen molar-refractivity contribution in [3.05, 3.63) is 70.9 Å². The first-order valence-corrected chi connectivity index (χ1v) is 9.70. The lowest BCUT2D eigenvalue weighted by Crippen LogP contribution is -2.29. The molecule has 2 aromatic carbocycles. The third-order valence-electron chi connectivity index (χ3n) is 4.64. The van der Waals surface area contributed by atoms with Crippen molar-refractivity contribution >= 4 is 34.4 Å². The number of carbonyl (C=O) groups excluding carboxylic acids is 2. The van der Waals surface area contributed by atoms with Crippen LogP contribution < -0.4 is 5.32 Å². The monoisotopic (exact) mass is 398 g/mol. The number of ether oxygens (including phenoxy) is 1. The number of aromatic amines is 1. The zero-order valence-corrected chi connectivity index (χ0v) is 16.5. The summed E-state index contributed by atoms with van der Waals surface area (Å²) in [5.41, 5.74) is 3.04. The van der Waals surface area contributed by atoms with Crippen molar-refractivity contribution in [2.24, 2.45) is 0 Å². The summed E-state index contributed by atoms with van der Waals surface area (Å²) in [4.78, 5) is 27.0. The van der Waals surface area contributed by atoms with E-state index in [0.717, 1.165) is 22.0 Å². The maximum atomic E-state index is 12.2. The highest BCUT2D eigenvalue weighted by Gasteiger charge is 2.21. The van der Waals surface area contributed by atoms with Crippen LogP contribution in [0.1, 0.15) is 36.8 Å². The molecular weight excluding hydrogens is 376 g/mol. The van der Waals surface area contributed by atoms with Crippen molar-refractivity contribution in [3.63, 3.8) is 0 Å². The van der Waals surface area contributed by atoms with Gasteiger partial charge >= 0.3 is 5.97 Å². The Morgan fingerprint density at radius 3 is 2.61 bits per heavy atom. The van der Waals surface area contributed by atoms with Gasteiger partial charge in [0.15, 0.2) is 0 Å². The van der Waals surface area contributed by atoms with Crippen molar-refractivity contribution in [3.8, 4) is 0 Å². The number of amides is 1. The molecule has 0 saturated carbocycles. The van der Waals surface area contributed by atoms with E-state index in [1.54, 1.807) is 6.92 Å². The number of H-pyrrole nitrogens is 1. The number of para-hydroxylation sites is 1. The van der Waals surface area contributed by atoms with E-state index in [1.807, 2.05) is 54.7 Å². The van der Waals surface area contributed by atoms with Gasteiger partial charge in [-0.1, -0.05) is 48.0 Å². The predicted molar refractivity (Wildman–Crippen MR) is 110 cm³/mol. The minimum Gasteiger partial charge on any atom is -0.466 e. The van der Waals surface area contributed by atoms with Gasteiger partial charge < -0.3 is 15.0 Å². The van der Waals surface area contributed by atoms with Crippen LogP contribution in [0.3, 0.4) is 0 Å². The van der Waals surface area contributed by atoms with Gasteiger partial charge in [0.05, 0.1) is 13.0 Å². The number of nitrogens with one attached hydrogen (secondary N) is 2. The van der Waals surface area contributed by atoms with E-state index >= 15 is 0 Å². The van der Waals surface area contributed by atoms with Crippen molar-refractivity contribution in [1.29, 1.82) is 0 Å². The van der Waals surface area contributed by atoms with E-state index < -0.39 is 0 Å². The standard InChI is InChI=1S/C22H23ClN2O3/c1-2-28-22(27)12-11-21(26)25-14-17(15-7-3-5-9-19(15)23)18-13-24-20-10-6-4-8-16(18)20/h3-10,13,17,24H,2,11-12,14H2,1H3,(H,25,26)/t17-/m0/s1. The van der Waals surface area contributed by atoms with Gasteiger partial charge in [-0.3, -0.25) is 9.59 Å². The van der Waals surface area contributed by atoms with Crippen LogP contribution in [-0.2, 0) is 14.3 Å². The Hall–Kier alpha value is -2.79. The summed E-state index contributed by atoms with van der Waals surface area (Å²) in [6, 6.07) is 15.7. The van der Waals surface area contributed by atoms with Gasteiger partial charge in [-0.15, -0.1) is 0 Å². The molecule has 0 saturated heterocycles. The molecule has 2 N–H and O–H groups in total. The molecule has 146 valence electrons. The number of esters is 1. The fourth-order valence-corrected chi connectivity index (χ4v) is 3.55. The van der Waals surface area contributed by atoms with E-state index in [0.29, 0.717) is 18.2 Å². The highest BCUT2D eigenvalue weighted by Crippen LogP contribution is 2.34. The molecule has 3 rings (SSSR count). The minimum atomic E-state index is -0.364. The number of aromatic nitrogens is 1. The number of hydrogen-bond acceptors (Lipinski definition) is 3. The molecule has 1 aromatic heterocycles. The maximum absolute atomic E-state index is 12.2. The van der Waals surface area contributed by atoms with E-state index in [1.165, 1.54) is 0 Å². The van der Waals surface area contributed by atoms with Crippen LogP contribution in [0, 0.1) is 0 Å². The lowest BCUT2D eigenvalue weighted by atomic mass is 9.90. The van der Waals surface area contributed by atoms with Crippen molar-refractivity contribution < 1.29 is 14.3 Å². The van der Waals surface area contributed by atoms with Gasteiger partial charge in [-0.05, 0) is 30.2 Å². The molecule has 28 heavy (non-hydrogen) atoms. The van der Waals surface area contributed by atoms with Gasteiger partial charge in [-0.25, -0.2) is 0 Å². The predicted octanol–water partition coefficient (Wildman–Crippen LogP) is 4.41. The Morgan fingerprint density at radius 1 is 1.07 bits per heavy atom. The molecule has 0 aliphatic carbocycles. The van der Waals surface area contributed by atoms with Crippen molar-refractivity contribution in [2.45, 2.75) is 25.7 Å². The second-order valence-electron chi connectivity index (χ2n) is 6.47. The molecular formula is C22H23ClN2O3. The van der Waals surface area contributed by atoms with Gasteiger partial charge in [0.1, 0.15) is 0 Å². The number of rotatable bonds is 8. The summed E-state index contributed by atoms with van der Waals surface area (Å²) >= 11 is 6.46. The van der Waals surface area contributed by atoms with E-state index in [2.05, 4.69) is 10.3 Å². The van der Waals surface area contributed by atoms with Crippen molar-refractivity contribution in [1.82, 2.24) is 10.3 Å². The summed E-state index contributed by atoms with van der Waals surface area (Å²) in [5, 5.41) is 4.68. The molecule has 0 bridgehead atoms. The van der Waals surface area contributed by atoms with E-state index in [-0.39, 0.29) is 30.6 Å². The van der Waals surface area contributed by atoms with Crippen LogP contribution in [0.4, 0.5) is 0 Å². The Bertz CT molecular complexity index is 967. The largest absolute Gasteiger partial charge is 0.466 e. The van der Waals surface area contributed by atoms with E-state index in [4.69, 9.17) is 16.3 Å². The average molecular weight is 399 g/mol. The lowest BCUT2D eigenvalue weighted by Gasteiger charge is -2.19. The number of carbonyl (C=O) groups is 2. The van der Waals surface area contributed by atoms with Crippen molar-refractivity contribution in [2.75, 3.05) is 13.2 Å². The topological polar surface area (TPSA) is 71.2 Å². The number of hydrogen-bond donors (Lipinski definition) is 2. The zero-order valence-electron chi connectivity index (χ0n) is 15.7. The third kappa shape index (κ3) is 4.73. The normalized spacial score (nSPS) is 11.9. The first-order valence-electron chi connectivity index (χ1n) is 9.33. The summed E-state index contributed by atoms with van der Waals surface area (Å²) in [5.74, 6) is -0.668. The van der Waals surface area contributed by atoms with Gasteiger partial charge in [0.25, 0.3) is 0 Å². The summed E-state index contributed by atoms with van der Waals surface area (Å²) in [6.45, 7) is 2.44. The van der Waals surface area contributed by atoms with Crippen LogP contribution in [0.5, 0.6) is 0 Å². The second-order valence-corrected chi connectivity index (χ2v) is 6.88. The molecule has 0 aliphatic heterocycles.